The first-order valence-electron chi connectivity index (χ1n) is 9.27. The molecule has 0 aromatic heterocycles. The molecule has 30 heavy (non-hydrogen) atoms. The summed E-state index contributed by atoms with van der Waals surface area (Å²) >= 11 is 0. The van der Waals surface area contributed by atoms with Crippen LogP contribution in [-0.2, 0) is 9.59 Å². The van der Waals surface area contributed by atoms with Crippen LogP contribution in [0.15, 0.2) is 95.4 Å². The normalized spacial score (nSPS) is 17.9. The Balaban J connectivity index is 1.51. The van der Waals surface area contributed by atoms with Crippen molar-refractivity contribution in [2.75, 3.05) is 10.9 Å². The van der Waals surface area contributed by atoms with Crippen LogP contribution >= 0.6 is 0 Å². The van der Waals surface area contributed by atoms with Crippen molar-refractivity contribution in [2.24, 2.45) is 0 Å². The van der Waals surface area contributed by atoms with E-state index in [9.17, 15) is 19.8 Å². The van der Waals surface area contributed by atoms with Crippen molar-refractivity contribution in [1.82, 2.24) is 10.9 Å². The fraction of sp³-hybridized carbons (Fsp3) is 0.0909. The van der Waals surface area contributed by atoms with Crippen molar-refractivity contribution >= 4 is 23.3 Å². The molecule has 0 saturated heterocycles. The van der Waals surface area contributed by atoms with Crippen LogP contribution in [0, 0.1) is 0 Å². The van der Waals surface area contributed by atoms with Crippen molar-refractivity contribution in [2.45, 2.75) is 12.8 Å². The van der Waals surface area contributed by atoms with E-state index >= 15 is 0 Å². The van der Waals surface area contributed by atoms with E-state index in [-0.39, 0.29) is 11.1 Å². The molecule has 0 saturated carbocycles. The number of allylic oxidation sites excluding steroid dienone is 6. The molecule has 0 radical (unpaired) electrons. The Labute approximate surface area is 173 Å². The summed E-state index contributed by atoms with van der Waals surface area (Å²) in [6, 6.07) is 7.35. The predicted molar refractivity (Wildman–Crippen MR) is 115 cm³/mol. The lowest BCUT2D eigenvalue weighted by Crippen LogP contribution is -2.18. The number of hydrogen-bond donors (Lipinski definition) is 6. The van der Waals surface area contributed by atoms with E-state index in [0.717, 1.165) is 11.4 Å². The monoisotopic (exact) mass is 406 g/mol. The van der Waals surface area contributed by atoms with Gasteiger partial charge in [0.05, 0.1) is 22.5 Å². The maximum atomic E-state index is 11.2. The van der Waals surface area contributed by atoms with E-state index in [0.29, 0.717) is 24.0 Å². The minimum absolute atomic E-state index is 0.265. The van der Waals surface area contributed by atoms with Crippen molar-refractivity contribution in [3.8, 4) is 0 Å². The summed E-state index contributed by atoms with van der Waals surface area (Å²) < 4.78 is 0. The molecule has 0 unspecified atom stereocenters. The molecule has 3 rings (SSSR count). The van der Waals surface area contributed by atoms with Crippen LogP contribution in [0.1, 0.15) is 12.8 Å². The number of carboxylic acid groups (broad SMARTS) is 2. The lowest BCUT2D eigenvalue weighted by atomic mass is 9.99. The van der Waals surface area contributed by atoms with Gasteiger partial charge in [-0.1, -0.05) is 24.3 Å². The third-order valence-corrected chi connectivity index (χ3v) is 4.44. The Kier molecular flexibility index (Phi) is 6.73. The molecule has 8 nitrogen and oxygen atoms in total. The predicted octanol–water partition coefficient (Wildman–Crippen LogP) is 3.23. The van der Waals surface area contributed by atoms with Crippen LogP contribution in [0.5, 0.6) is 0 Å². The highest BCUT2D eigenvalue weighted by Crippen LogP contribution is 2.20. The average Bonchev–Trinajstić information content (AvgIpc) is 2.75. The Morgan fingerprint density at radius 3 is 1.50 bits per heavy atom. The molecule has 0 atom stereocenters. The molecule has 0 aliphatic heterocycles. The second kappa shape index (κ2) is 9.83. The van der Waals surface area contributed by atoms with E-state index < -0.39 is 11.9 Å². The summed E-state index contributed by atoms with van der Waals surface area (Å²) in [5.41, 5.74) is 15.3. The van der Waals surface area contributed by atoms with Gasteiger partial charge in [-0.25, -0.2) is 9.59 Å². The summed E-state index contributed by atoms with van der Waals surface area (Å²) in [4.78, 5) is 22.5. The summed E-state index contributed by atoms with van der Waals surface area (Å²) in [6.07, 6.45) is 14.7. The minimum atomic E-state index is -0.958. The van der Waals surface area contributed by atoms with Crippen LogP contribution in [0.3, 0.4) is 0 Å². The van der Waals surface area contributed by atoms with Gasteiger partial charge in [-0.3, -0.25) is 0 Å². The molecule has 0 spiro atoms. The standard InChI is InChI=1S/C22H22N4O4/c27-21(28)19-7-3-1-5-15(19)13-23-25-17-9-11-18(12-10-17)26-24-14-16-6-2-4-8-20(16)22(29)30/h1-4,7-14,23-26H,5-6H2,(H,27,28)(H,29,30)/b15-13-,16-14?. The Morgan fingerprint density at radius 2 is 1.13 bits per heavy atom. The summed E-state index contributed by atoms with van der Waals surface area (Å²) in [6.45, 7) is 0. The van der Waals surface area contributed by atoms with Crippen LogP contribution in [-0.4, -0.2) is 22.2 Å². The number of nitrogens with one attached hydrogen (secondary N) is 4. The molecular weight excluding hydrogens is 384 g/mol. The fourth-order valence-corrected chi connectivity index (χ4v) is 2.89. The molecule has 1 aromatic rings. The Bertz CT molecular complexity index is 917. The first-order valence-corrected chi connectivity index (χ1v) is 9.27. The lowest BCUT2D eigenvalue weighted by Gasteiger charge is -2.13. The van der Waals surface area contributed by atoms with Crippen molar-refractivity contribution in [1.29, 1.82) is 0 Å². The van der Waals surface area contributed by atoms with Crippen LogP contribution < -0.4 is 21.7 Å². The van der Waals surface area contributed by atoms with E-state index in [1.165, 1.54) is 0 Å². The Hall–Kier alpha value is -4.20. The third kappa shape index (κ3) is 5.41. The summed E-state index contributed by atoms with van der Waals surface area (Å²) in [5, 5.41) is 18.4. The zero-order valence-electron chi connectivity index (χ0n) is 16.1. The number of hydrazine groups is 2. The van der Waals surface area contributed by atoms with Crippen molar-refractivity contribution in [3.63, 3.8) is 0 Å². The lowest BCUT2D eigenvalue weighted by molar-refractivity contribution is -0.133. The van der Waals surface area contributed by atoms with Gasteiger partial charge in [0.25, 0.3) is 0 Å². The molecular formula is C22H22N4O4. The SMILES string of the molecule is O=C(O)C1=CC=CCC1=CNNc1ccc(NN/C=C2/CC=CC=C2C(=O)O)cc1. The summed E-state index contributed by atoms with van der Waals surface area (Å²) in [7, 11) is 0. The van der Waals surface area contributed by atoms with Crippen LogP contribution in [0.4, 0.5) is 11.4 Å². The van der Waals surface area contributed by atoms with E-state index in [1.54, 1.807) is 36.7 Å². The zero-order chi connectivity index (χ0) is 21.3. The maximum Gasteiger partial charge on any atom is 0.336 e. The van der Waals surface area contributed by atoms with Gasteiger partial charge in [-0.15, -0.1) is 0 Å². The first-order chi connectivity index (χ1) is 14.5. The number of hydrogen-bond acceptors (Lipinski definition) is 6. The highest BCUT2D eigenvalue weighted by Gasteiger charge is 2.14. The molecule has 154 valence electrons. The number of aliphatic carboxylic acids is 2. The quantitative estimate of drug-likeness (QED) is 0.364. The number of benzene rings is 1. The number of anilines is 2. The second-order valence-electron chi connectivity index (χ2n) is 6.49. The molecule has 0 fully saturated rings. The molecule has 1 aromatic carbocycles. The molecule has 0 amide bonds. The highest BCUT2D eigenvalue weighted by molar-refractivity contribution is 5.93. The van der Waals surface area contributed by atoms with E-state index in [4.69, 9.17) is 0 Å². The number of carboxylic acids is 2. The fourth-order valence-electron chi connectivity index (χ4n) is 2.89. The molecule has 6 N–H and O–H groups in total. The molecule has 2 aliphatic carbocycles. The van der Waals surface area contributed by atoms with Gasteiger partial charge in [0.1, 0.15) is 0 Å². The first kappa shape index (κ1) is 20.5. The minimum Gasteiger partial charge on any atom is -0.478 e. The van der Waals surface area contributed by atoms with Crippen LogP contribution in [0.25, 0.3) is 0 Å². The largest absolute Gasteiger partial charge is 0.478 e. The molecule has 8 heteroatoms. The van der Waals surface area contributed by atoms with Gasteiger partial charge in [0.2, 0.25) is 0 Å². The highest BCUT2D eigenvalue weighted by atomic mass is 16.4. The number of carbonyl (C=O) groups is 2. The van der Waals surface area contributed by atoms with Gasteiger partial charge in [0, 0.05) is 12.4 Å². The van der Waals surface area contributed by atoms with E-state index in [1.807, 2.05) is 36.4 Å². The van der Waals surface area contributed by atoms with Gasteiger partial charge < -0.3 is 31.9 Å². The maximum absolute atomic E-state index is 11.2. The zero-order valence-corrected chi connectivity index (χ0v) is 16.1. The van der Waals surface area contributed by atoms with Crippen molar-refractivity contribution < 1.29 is 19.8 Å². The molecule has 0 heterocycles. The van der Waals surface area contributed by atoms with Gasteiger partial charge in [-0.05, 0) is 60.4 Å². The smallest absolute Gasteiger partial charge is 0.336 e. The topological polar surface area (TPSA) is 123 Å². The summed E-state index contributed by atoms with van der Waals surface area (Å²) in [5.74, 6) is -1.92. The van der Waals surface area contributed by atoms with Gasteiger partial charge in [0.15, 0.2) is 0 Å². The van der Waals surface area contributed by atoms with Crippen LogP contribution in [0.2, 0.25) is 0 Å². The van der Waals surface area contributed by atoms with Gasteiger partial charge >= 0.3 is 11.9 Å². The molecule has 2 aliphatic rings. The second-order valence-corrected chi connectivity index (χ2v) is 6.49. The van der Waals surface area contributed by atoms with Crippen molar-refractivity contribution in [3.05, 3.63) is 95.4 Å². The Morgan fingerprint density at radius 1 is 0.733 bits per heavy atom. The average molecular weight is 406 g/mol. The third-order valence-electron chi connectivity index (χ3n) is 4.44. The number of rotatable bonds is 8. The molecule has 0 bridgehead atoms. The van der Waals surface area contributed by atoms with E-state index in [2.05, 4.69) is 21.7 Å². The van der Waals surface area contributed by atoms with Gasteiger partial charge in [-0.2, -0.15) is 0 Å².